The molecule has 0 radical (unpaired) electrons. The van der Waals surface area contributed by atoms with Crippen LogP contribution in [0.3, 0.4) is 0 Å². The molecule has 5 heteroatoms. The molecule has 3 atom stereocenters. The lowest BCUT2D eigenvalue weighted by Gasteiger charge is -2.56. The topological polar surface area (TPSA) is 66.8 Å². The second-order valence-electron chi connectivity index (χ2n) is 7.57. The van der Waals surface area contributed by atoms with Crippen molar-refractivity contribution in [3.05, 3.63) is 40.7 Å². The van der Waals surface area contributed by atoms with Crippen molar-refractivity contribution in [2.24, 2.45) is 5.92 Å². The molecule has 3 aliphatic rings. The van der Waals surface area contributed by atoms with Crippen LogP contribution in [0, 0.1) is 5.92 Å². The lowest BCUT2D eigenvalue weighted by Crippen LogP contribution is -2.60. The summed E-state index contributed by atoms with van der Waals surface area (Å²) in [6, 6.07) is 3.93. The number of benzene rings is 1. The predicted octanol–water partition coefficient (Wildman–Crippen LogP) is 2.21. The van der Waals surface area contributed by atoms with Crippen LogP contribution in [0.15, 0.2) is 24.0 Å². The van der Waals surface area contributed by atoms with Crippen molar-refractivity contribution in [2.45, 2.75) is 37.6 Å². The highest BCUT2D eigenvalue weighted by molar-refractivity contribution is 5.99. The minimum Gasteiger partial charge on any atom is -0.507 e. The molecule has 3 unspecified atom stereocenters. The molecule has 0 saturated carbocycles. The number of hydrogen-bond donors (Lipinski definition) is 1. The normalized spacial score (nSPS) is 31.0. The third-order valence-corrected chi connectivity index (χ3v) is 6.40. The number of Topliss-reactive ketones (excluding diaryl/α,β-unsaturated/α-hetero) is 2. The number of phenolic OH excluding ortho intramolecular Hbond substituents is 1. The van der Waals surface area contributed by atoms with Gasteiger partial charge in [-0.25, -0.2) is 0 Å². The maximum absolute atomic E-state index is 12.6. The van der Waals surface area contributed by atoms with Crippen LogP contribution >= 0.6 is 0 Å². The number of ketones is 2. The Morgan fingerprint density at radius 3 is 2.84 bits per heavy atom. The number of piperidine rings is 1. The number of likely N-dealkylation sites (N-methyl/N-ethyl adjacent to an activating group) is 1. The van der Waals surface area contributed by atoms with E-state index in [1.165, 1.54) is 14.0 Å². The van der Waals surface area contributed by atoms with E-state index in [2.05, 4.69) is 11.9 Å². The van der Waals surface area contributed by atoms with Crippen molar-refractivity contribution in [3.63, 3.8) is 0 Å². The third-order valence-electron chi connectivity index (χ3n) is 6.40. The molecule has 2 bridgehead atoms. The summed E-state index contributed by atoms with van der Waals surface area (Å²) < 4.78 is 5.31. The van der Waals surface area contributed by atoms with Gasteiger partial charge >= 0.3 is 0 Å². The summed E-state index contributed by atoms with van der Waals surface area (Å²) >= 11 is 0. The molecule has 1 aromatic carbocycles. The summed E-state index contributed by atoms with van der Waals surface area (Å²) in [6.07, 6.45) is 3.86. The number of rotatable bonds is 2. The first-order chi connectivity index (χ1) is 11.9. The number of likely N-dealkylation sites (tertiary alicyclic amines) is 1. The van der Waals surface area contributed by atoms with Gasteiger partial charge in [-0.15, -0.1) is 0 Å². The lowest BCUT2D eigenvalue weighted by molar-refractivity contribution is -0.122. The van der Waals surface area contributed by atoms with Gasteiger partial charge in [0.15, 0.2) is 17.3 Å². The maximum atomic E-state index is 12.6. The quantitative estimate of drug-likeness (QED) is 0.836. The summed E-state index contributed by atoms with van der Waals surface area (Å²) in [5.41, 5.74) is 1.77. The SMILES string of the molecule is COC1=CC2C3Cc4ccc(C(C)=O)c(O)c4C2(CCN3C)CC1=O. The van der Waals surface area contributed by atoms with Gasteiger partial charge in [0, 0.05) is 29.4 Å². The van der Waals surface area contributed by atoms with Crippen LogP contribution in [0.25, 0.3) is 0 Å². The van der Waals surface area contributed by atoms with E-state index in [9.17, 15) is 14.7 Å². The molecular weight excluding hydrogens is 318 g/mol. The number of carbonyl (C=O) groups is 2. The molecule has 132 valence electrons. The average molecular weight is 341 g/mol. The molecule has 1 heterocycles. The molecule has 0 aromatic heterocycles. The van der Waals surface area contributed by atoms with Crippen LogP contribution in [0.2, 0.25) is 0 Å². The van der Waals surface area contributed by atoms with E-state index in [4.69, 9.17) is 4.74 Å². The molecule has 5 nitrogen and oxygen atoms in total. The number of carbonyl (C=O) groups excluding carboxylic acids is 2. The average Bonchev–Trinajstić information content (AvgIpc) is 2.57. The number of phenols is 1. The zero-order chi connectivity index (χ0) is 17.9. The molecule has 1 N–H and O–H groups in total. The highest BCUT2D eigenvalue weighted by Crippen LogP contribution is 2.56. The van der Waals surface area contributed by atoms with Crippen LogP contribution in [0.5, 0.6) is 5.75 Å². The second-order valence-corrected chi connectivity index (χ2v) is 7.57. The zero-order valence-corrected chi connectivity index (χ0v) is 14.8. The minimum atomic E-state index is -0.445. The molecule has 4 rings (SSSR count). The highest BCUT2D eigenvalue weighted by atomic mass is 16.5. The molecule has 1 fully saturated rings. The van der Waals surface area contributed by atoms with Crippen molar-refractivity contribution in [1.29, 1.82) is 0 Å². The Morgan fingerprint density at radius 1 is 1.40 bits per heavy atom. The molecule has 2 aliphatic carbocycles. The molecular formula is C20H23NO4. The van der Waals surface area contributed by atoms with E-state index in [-0.39, 0.29) is 29.3 Å². The van der Waals surface area contributed by atoms with E-state index in [1.807, 2.05) is 12.1 Å². The summed E-state index contributed by atoms with van der Waals surface area (Å²) in [7, 11) is 3.64. The third kappa shape index (κ3) is 2.11. The largest absolute Gasteiger partial charge is 0.507 e. The smallest absolute Gasteiger partial charge is 0.197 e. The first-order valence-corrected chi connectivity index (χ1v) is 8.74. The summed E-state index contributed by atoms with van der Waals surface area (Å²) in [5, 5.41) is 10.9. The number of fused-ring (bicyclic) bond motifs is 1. The molecule has 0 spiro atoms. The van der Waals surface area contributed by atoms with E-state index in [0.29, 0.717) is 17.7 Å². The number of methoxy groups -OCH3 is 1. The maximum Gasteiger partial charge on any atom is 0.197 e. The van der Waals surface area contributed by atoms with E-state index < -0.39 is 5.41 Å². The predicted molar refractivity (Wildman–Crippen MR) is 92.7 cm³/mol. The molecule has 0 amide bonds. The van der Waals surface area contributed by atoms with E-state index in [1.54, 1.807) is 6.07 Å². The van der Waals surface area contributed by atoms with Crippen LogP contribution in [-0.2, 0) is 21.4 Å². The molecule has 1 aliphatic heterocycles. The first kappa shape index (κ1) is 16.3. The molecule has 1 aromatic rings. The van der Waals surface area contributed by atoms with Crippen molar-refractivity contribution < 1.29 is 19.4 Å². The van der Waals surface area contributed by atoms with E-state index in [0.717, 1.165) is 30.5 Å². The summed E-state index contributed by atoms with van der Waals surface area (Å²) in [5.74, 6) is 0.409. The van der Waals surface area contributed by atoms with Crippen LogP contribution < -0.4 is 0 Å². The van der Waals surface area contributed by atoms with Gasteiger partial charge in [0.25, 0.3) is 0 Å². The van der Waals surface area contributed by atoms with Crippen LogP contribution in [-0.4, -0.2) is 48.3 Å². The van der Waals surface area contributed by atoms with Gasteiger partial charge in [0.2, 0.25) is 0 Å². The fourth-order valence-corrected chi connectivity index (χ4v) is 5.17. The molecule has 1 saturated heterocycles. The Kier molecular flexibility index (Phi) is 3.55. The van der Waals surface area contributed by atoms with Gasteiger partial charge in [-0.3, -0.25) is 9.59 Å². The number of ether oxygens (including phenoxy) is 1. The number of aromatic hydroxyl groups is 1. The summed E-state index contributed by atoms with van der Waals surface area (Å²) in [4.78, 5) is 26.9. The second kappa shape index (κ2) is 5.43. The van der Waals surface area contributed by atoms with Gasteiger partial charge in [-0.2, -0.15) is 0 Å². The van der Waals surface area contributed by atoms with Crippen molar-refractivity contribution in [1.82, 2.24) is 4.90 Å². The number of nitrogens with zero attached hydrogens (tertiary/aromatic N) is 1. The Morgan fingerprint density at radius 2 is 2.16 bits per heavy atom. The first-order valence-electron chi connectivity index (χ1n) is 8.74. The Hall–Kier alpha value is -2.14. The molecule has 25 heavy (non-hydrogen) atoms. The number of allylic oxidation sites excluding steroid dienone is 1. The number of hydrogen-bond acceptors (Lipinski definition) is 5. The van der Waals surface area contributed by atoms with Gasteiger partial charge in [0.1, 0.15) is 5.75 Å². The zero-order valence-electron chi connectivity index (χ0n) is 14.8. The van der Waals surface area contributed by atoms with E-state index >= 15 is 0 Å². The van der Waals surface area contributed by atoms with Gasteiger partial charge in [-0.1, -0.05) is 6.07 Å². The Balaban J connectivity index is 1.99. The van der Waals surface area contributed by atoms with Gasteiger partial charge in [0.05, 0.1) is 12.7 Å². The van der Waals surface area contributed by atoms with Crippen molar-refractivity contribution >= 4 is 11.6 Å². The van der Waals surface area contributed by atoms with Crippen molar-refractivity contribution in [3.8, 4) is 5.75 Å². The standard InChI is InChI=1S/C20H23NO4/c1-11(22)13-5-4-12-8-15-14-9-17(25-3)16(23)10-20(14,6-7-21(15)2)18(12)19(13)24/h4-5,9,14-15,24H,6-8,10H2,1-3H3. The minimum absolute atomic E-state index is 0.0254. The van der Waals surface area contributed by atoms with Crippen LogP contribution in [0.4, 0.5) is 0 Å². The Labute approximate surface area is 147 Å². The lowest BCUT2D eigenvalue weighted by atomic mass is 9.53. The fourth-order valence-electron chi connectivity index (χ4n) is 5.17. The fraction of sp³-hybridized carbons (Fsp3) is 0.500. The highest BCUT2D eigenvalue weighted by Gasteiger charge is 2.56. The Bertz CT molecular complexity index is 812. The summed E-state index contributed by atoms with van der Waals surface area (Å²) in [6.45, 7) is 2.33. The van der Waals surface area contributed by atoms with Crippen LogP contribution in [0.1, 0.15) is 41.3 Å². The van der Waals surface area contributed by atoms with Gasteiger partial charge in [-0.05, 0) is 51.1 Å². The monoisotopic (exact) mass is 341 g/mol. The van der Waals surface area contributed by atoms with Gasteiger partial charge < -0.3 is 14.7 Å². The van der Waals surface area contributed by atoms with Crippen molar-refractivity contribution in [2.75, 3.05) is 20.7 Å².